The molecule has 1 aromatic heterocycles. The number of amides is 1. The van der Waals surface area contributed by atoms with Gasteiger partial charge in [-0.3, -0.25) is 9.78 Å². The average molecular weight is 479 g/mol. The van der Waals surface area contributed by atoms with Crippen LogP contribution in [0.1, 0.15) is 10.4 Å². The number of fused-ring (bicyclic) bond motifs is 1. The fourth-order valence-corrected chi connectivity index (χ4v) is 3.67. The molecule has 1 fully saturated rings. The van der Waals surface area contributed by atoms with Crippen molar-refractivity contribution in [2.75, 3.05) is 25.5 Å². The van der Waals surface area contributed by atoms with E-state index in [0.717, 1.165) is 0 Å². The van der Waals surface area contributed by atoms with E-state index in [-0.39, 0.29) is 51.7 Å². The van der Waals surface area contributed by atoms with Gasteiger partial charge < -0.3 is 25.4 Å². The molecule has 1 aliphatic rings. The summed E-state index contributed by atoms with van der Waals surface area (Å²) in [7, 11) is 1.41. The second kappa shape index (κ2) is 8.71. The number of alkyl halides is 1. The number of primary amides is 1. The fourth-order valence-electron chi connectivity index (χ4n) is 3.21. The van der Waals surface area contributed by atoms with Crippen molar-refractivity contribution >= 4 is 51.4 Å². The summed E-state index contributed by atoms with van der Waals surface area (Å²) >= 11 is 11.4. The Labute approximate surface area is 192 Å². The summed E-state index contributed by atoms with van der Waals surface area (Å²) in [5, 5.41) is 3.26. The number of hydrogen-bond acceptors (Lipinski definition) is 5. The number of carbonyl (C=O) groups is 1. The van der Waals surface area contributed by atoms with E-state index in [2.05, 4.69) is 10.3 Å². The van der Waals surface area contributed by atoms with E-state index >= 15 is 0 Å². The number of anilines is 1. The van der Waals surface area contributed by atoms with Gasteiger partial charge in [0.15, 0.2) is 16.7 Å². The highest BCUT2D eigenvalue weighted by molar-refractivity contribution is 7.80. The Bertz CT molecular complexity index is 1240. The lowest BCUT2D eigenvalue weighted by Crippen LogP contribution is -2.52. The van der Waals surface area contributed by atoms with Crippen molar-refractivity contribution in [3.8, 4) is 17.2 Å². The molecule has 1 saturated heterocycles. The van der Waals surface area contributed by atoms with Crippen molar-refractivity contribution in [2.45, 2.75) is 6.17 Å². The van der Waals surface area contributed by atoms with E-state index in [1.165, 1.54) is 43.6 Å². The van der Waals surface area contributed by atoms with Gasteiger partial charge in [0.2, 0.25) is 0 Å². The molecule has 2 aromatic carbocycles. The van der Waals surface area contributed by atoms with Crippen LogP contribution in [0.25, 0.3) is 10.9 Å². The molecule has 0 atom stereocenters. The van der Waals surface area contributed by atoms with Gasteiger partial charge in [-0.15, -0.1) is 0 Å². The number of rotatable bonds is 5. The molecule has 3 aromatic rings. The minimum Gasteiger partial charge on any atom is -0.496 e. The molecule has 0 bridgehead atoms. The van der Waals surface area contributed by atoms with E-state index in [0.29, 0.717) is 10.9 Å². The van der Waals surface area contributed by atoms with Crippen molar-refractivity contribution in [1.29, 1.82) is 0 Å². The van der Waals surface area contributed by atoms with E-state index in [9.17, 15) is 13.6 Å². The van der Waals surface area contributed by atoms with Crippen molar-refractivity contribution < 1.29 is 23.0 Å². The highest BCUT2D eigenvalue weighted by atomic mass is 35.5. The predicted octanol–water partition coefficient (Wildman–Crippen LogP) is 4.28. The Morgan fingerprint density at radius 2 is 2.03 bits per heavy atom. The molecule has 0 saturated carbocycles. The second-order valence-corrected chi connectivity index (χ2v) is 7.78. The number of methoxy groups -OCH3 is 1. The largest absolute Gasteiger partial charge is 0.496 e. The zero-order valence-corrected chi connectivity index (χ0v) is 18.3. The number of likely N-dealkylation sites (tertiary alicyclic amines) is 1. The molecule has 1 aliphatic heterocycles. The fraction of sp³-hybridized carbons (Fsp3) is 0.190. The van der Waals surface area contributed by atoms with Crippen LogP contribution in [0, 0.1) is 5.82 Å². The summed E-state index contributed by atoms with van der Waals surface area (Å²) in [6.45, 7) is 0.362. The molecule has 0 spiro atoms. The summed E-state index contributed by atoms with van der Waals surface area (Å²) in [6, 6.07) is 7.41. The number of nitrogens with one attached hydrogen (secondary N) is 1. The van der Waals surface area contributed by atoms with Crippen LogP contribution < -0.4 is 20.5 Å². The molecule has 3 N–H and O–H groups in total. The summed E-state index contributed by atoms with van der Waals surface area (Å²) in [6.07, 6.45) is 0.545. The second-order valence-electron chi connectivity index (χ2n) is 7.02. The third kappa shape index (κ3) is 4.11. The first-order valence-corrected chi connectivity index (χ1v) is 10.2. The van der Waals surface area contributed by atoms with Crippen LogP contribution in [0.3, 0.4) is 0 Å². The van der Waals surface area contributed by atoms with Crippen LogP contribution in [0.2, 0.25) is 5.02 Å². The molecule has 1 amide bonds. The smallest absolute Gasteiger partial charge is 0.252 e. The van der Waals surface area contributed by atoms with E-state index in [4.69, 9.17) is 39.0 Å². The topological polar surface area (TPSA) is 89.7 Å². The number of pyridine rings is 1. The lowest BCUT2D eigenvalue weighted by molar-refractivity contribution is 0.0997. The number of carbonyl (C=O) groups excluding carboxylic acids is 1. The number of aromatic nitrogens is 1. The van der Waals surface area contributed by atoms with Gasteiger partial charge in [-0.25, -0.2) is 8.78 Å². The maximum atomic E-state index is 15.0. The summed E-state index contributed by atoms with van der Waals surface area (Å²) in [4.78, 5) is 17.6. The Morgan fingerprint density at radius 3 is 2.69 bits per heavy atom. The van der Waals surface area contributed by atoms with Gasteiger partial charge >= 0.3 is 0 Å². The minimum absolute atomic E-state index is 0.130. The molecule has 11 heteroatoms. The molecule has 7 nitrogen and oxygen atoms in total. The van der Waals surface area contributed by atoms with Gasteiger partial charge in [-0.05, 0) is 36.5 Å². The van der Waals surface area contributed by atoms with E-state index in [1.54, 1.807) is 4.90 Å². The predicted molar refractivity (Wildman–Crippen MR) is 121 cm³/mol. The standard InChI is InChI=1S/C21H17ClF2N4O3S/c1-30-17-7-14-11(6-12(17)20(25)29)15(4-5-26-14)31-16-3-2-13(18(22)19(16)24)27-21(32)28-8-10(23)9-28/h2-7,10H,8-9H2,1H3,(H2,25,29)(H,27,32). The van der Waals surface area contributed by atoms with Crippen LogP contribution in [0.15, 0.2) is 36.5 Å². The molecule has 0 unspecified atom stereocenters. The molecule has 166 valence electrons. The number of nitrogens with two attached hydrogens (primary N) is 1. The quantitative estimate of drug-likeness (QED) is 0.529. The first-order valence-electron chi connectivity index (χ1n) is 9.41. The van der Waals surface area contributed by atoms with Crippen LogP contribution in [0.5, 0.6) is 17.2 Å². The Morgan fingerprint density at radius 1 is 1.28 bits per heavy atom. The average Bonchev–Trinajstić information content (AvgIpc) is 2.75. The van der Waals surface area contributed by atoms with Crippen molar-refractivity contribution in [3.05, 3.63) is 52.9 Å². The monoisotopic (exact) mass is 478 g/mol. The molecular formula is C21H17ClF2N4O3S. The maximum absolute atomic E-state index is 15.0. The number of ether oxygens (including phenoxy) is 2. The van der Waals surface area contributed by atoms with E-state index in [1.807, 2.05) is 0 Å². The third-order valence-electron chi connectivity index (χ3n) is 4.92. The van der Waals surface area contributed by atoms with Crippen LogP contribution in [-0.2, 0) is 0 Å². The molecule has 32 heavy (non-hydrogen) atoms. The van der Waals surface area contributed by atoms with Crippen LogP contribution in [-0.4, -0.2) is 47.3 Å². The van der Waals surface area contributed by atoms with Gasteiger partial charge in [0.1, 0.15) is 22.7 Å². The van der Waals surface area contributed by atoms with Crippen LogP contribution >= 0.6 is 23.8 Å². The molecule has 2 heterocycles. The Balaban J connectivity index is 1.64. The zero-order valence-electron chi connectivity index (χ0n) is 16.7. The number of hydrogen-bond donors (Lipinski definition) is 2. The molecule has 0 radical (unpaired) electrons. The van der Waals surface area contributed by atoms with Gasteiger partial charge in [0.05, 0.1) is 37.0 Å². The Hall–Kier alpha value is -3.24. The minimum atomic E-state index is -0.928. The lowest BCUT2D eigenvalue weighted by atomic mass is 10.1. The summed E-state index contributed by atoms with van der Waals surface area (Å²) in [5.74, 6) is -1.17. The first kappa shape index (κ1) is 22.0. The zero-order chi connectivity index (χ0) is 23.0. The number of benzene rings is 2. The number of nitrogens with zero attached hydrogens (tertiary/aromatic N) is 2. The van der Waals surface area contributed by atoms with Gasteiger partial charge in [0, 0.05) is 17.6 Å². The van der Waals surface area contributed by atoms with Crippen molar-refractivity contribution in [1.82, 2.24) is 9.88 Å². The summed E-state index contributed by atoms with van der Waals surface area (Å²) in [5.41, 5.74) is 6.24. The van der Waals surface area contributed by atoms with Crippen molar-refractivity contribution in [2.24, 2.45) is 5.73 Å². The number of halogens is 3. The first-order chi connectivity index (χ1) is 15.3. The Kier molecular flexibility index (Phi) is 5.98. The number of thiocarbonyl (C=S) groups is 1. The summed E-state index contributed by atoms with van der Waals surface area (Å²) < 4.78 is 38.9. The van der Waals surface area contributed by atoms with Crippen molar-refractivity contribution in [3.63, 3.8) is 0 Å². The lowest BCUT2D eigenvalue weighted by Gasteiger charge is -2.36. The SMILES string of the molecule is COc1cc2nccc(Oc3ccc(NC(=S)N4CC(F)C4)c(Cl)c3F)c2cc1C(N)=O. The highest BCUT2D eigenvalue weighted by Gasteiger charge is 2.28. The van der Waals surface area contributed by atoms with Gasteiger partial charge in [0.25, 0.3) is 5.91 Å². The van der Waals surface area contributed by atoms with Gasteiger partial charge in [-0.2, -0.15) is 0 Å². The maximum Gasteiger partial charge on any atom is 0.252 e. The third-order valence-corrected chi connectivity index (χ3v) is 5.65. The van der Waals surface area contributed by atoms with E-state index < -0.39 is 17.9 Å². The molecular weight excluding hydrogens is 462 g/mol. The van der Waals surface area contributed by atoms with Crippen LogP contribution in [0.4, 0.5) is 14.5 Å². The molecule has 4 rings (SSSR count). The molecule has 0 aliphatic carbocycles. The highest BCUT2D eigenvalue weighted by Crippen LogP contribution is 2.37. The normalized spacial score (nSPS) is 13.6. The van der Waals surface area contributed by atoms with Gasteiger partial charge in [-0.1, -0.05) is 11.6 Å².